The Bertz CT molecular complexity index is 427. The van der Waals surface area contributed by atoms with Crippen molar-refractivity contribution < 1.29 is 14.1 Å². The topological polar surface area (TPSA) is 65.2 Å². The van der Waals surface area contributed by atoms with Crippen molar-refractivity contribution in [2.75, 3.05) is 7.11 Å². The van der Waals surface area contributed by atoms with Gasteiger partial charge in [0, 0.05) is 13.0 Å². The van der Waals surface area contributed by atoms with Gasteiger partial charge >= 0.3 is 0 Å². The summed E-state index contributed by atoms with van der Waals surface area (Å²) in [6, 6.07) is 0. The molecule has 0 radical (unpaired) electrons. The molecule has 2 aliphatic rings. The van der Waals surface area contributed by atoms with Crippen LogP contribution in [0.2, 0.25) is 0 Å². The molecule has 0 aliphatic heterocycles. The van der Waals surface area contributed by atoms with Crippen LogP contribution in [0.25, 0.3) is 0 Å². The van der Waals surface area contributed by atoms with Gasteiger partial charge in [0.1, 0.15) is 11.4 Å². The Morgan fingerprint density at radius 1 is 1.53 bits per heavy atom. The van der Waals surface area contributed by atoms with E-state index in [4.69, 9.17) is 9.26 Å². The van der Waals surface area contributed by atoms with Crippen molar-refractivity contribution in [1.82, 2.24) is 10.1 Å². The number of Topliss-reactive ketones (excluding diaryl/α,β-unsaturated/α-hetero) is 1. The van der Waals surface area contributed by atoms with Crippen LogP contribution in [-0.2, 0) is 21.6 Å². The highest BCUT2D eigenvalue weighted by atomic mass is 16.5. The zero-order valence-corrected chi connectivity index (χ0v) is 9.94. The number of ketones is 1. The van der Waals surface area contributed by atoms with Crippen LogP contribution in [0.4, 0.5) is 0 Å². The fourth-order valence-corrected chi connectivity index (χ4v) is 2.23. The lowest BCUT2D eigenvalue weighted by molar-refractivity contribution is -0.119. The van der Waals surface area contributed by atoms with Crippen LogP contribution in [-0.4, -0.2) is 23.0 Å². The highest BCUT2D eigenvalue weighted by molar-refractivity contribution is 5.84. The summed E-state index contributed by atoms with van der Waals surface area (Å²) in [4.78, 5) is 15.9. The quantitative estimate of drug-likeness (QED) is 0.777. The lowest BCUT2D eigenvalue weighted by Gasteiger charge is -2.37. The number of carbonyl (C=O) groups excluding carboxylic acids is 1. The Morgan fingerprint density at radius 3 is 2.82 bits per heavy atom. The molecule has 92 valence electrons. The minimum Gasteiger partial charge on any atom is -0.370 e. The monoisotopic (exact) mass is 236 g/mol. The molecule has 0 aromatic carbocycles. The van der Waals surface area contributed by atoms with Crippen LogP contribution in [0.3, 0.4) is 0 Å². The molecule has 1 aromatic rings. The van der Waals surface area contributed by atoms with Gasteiger partial charge < -0.3 is 9.26 Å². The fourth-order valence-electron chi connectivity index (χ4n) is 2.23. The molecular formula is C12H16N2O3. The van der Waals surface area contributed by atoms with E-state index in [1.807, 2.05) is 0 Å². The predicted octanol–water partition coefficient (Wildman–Crippen LogP) is 1.62. The lowest BCUT2D eigenvalue weighted by atomic mass is 9.79. The summed E-state index contributed by atoms with van der Waals surface area (Å²) < 4.78 is 10.6. The standard InChI is InChI=1S/C12H16N2O3/c1-16-12(5-2-6-12)11-13-10(17-14-11)7-9(15)8-3-4-8/h8H,2-7H2,1H3. The molecule has 5 heteroatoms. The van der Waals surface area contributed by atoms with E-state index in [1.165, 1.54) is 0 Å². The Balaban J connectivity index is 1.71. The maximum absolute atomic E-state index is 11.6. The number of carbonyl (C=O) groups is 1. The third-order valence-electron chi connectivity index (χ3n) is 3.79. The molecule has 0 atom stereocenters. The molecular weight excluding hydrogens is 220 g/mol. The molecule has 1 aromatic heterocycles. The van der Waals surface area contributed by atoms with Crippen LogP contribution in [0.5, 0.6) is 0 Å². The van der Waals surface area contributed by atoms with Crippen molar-refractivity contribution in [3.05, 3.63) is 11.7 Å². The molecule has 0 spiro atoms. The van der Waals surface area contributed by atoms with Gasteiger partial charge in [-0.15, -0.1) is 0 Å². The molecule has 0 bridgehead atoms. The summed E-state index contributed by atoms with van der Waals surface area (Å²) in [5.74, 6) is 1.50. The average molecular weight is 236 g/mol. The van der Waals surface area contributed by atoms with E-state index in [0.717, 1.165) is 32.1 Å². The Labute approximate surface area is 99.5 Å². The first-order valence-corrected chi connectivity index (χ1v) is 6.14. The van der Waals surface area contributed by atoms with Crippen molar-refractivity contribution in [1.29, 1.82) is 0 Å². The van der Waals surface area contributed by atoms with Gasteiger partial charge in [0.05, 0.1) is 6.42 Å². The van der Waals surface area contributed by atoms with E-state index in [-0.39, 0.29) is 23.7 Å². The molecule has 1 heterocycles. The summed E-state index contributed by atoms with van der Waals surface area (Å²) in [7, 11) is 1.67. The van der Waals surface area contributed by atoms with Crippen molar-refractivity contribution in [3.8, 4) is 0 Å². The van der Waals surface area contributed by atoms with E-state index in [1.54, 1.807) is 7.11 Å². The summed E-state index contributed by atoms with van der Waals surface area (Å²) in [5.41, 5.74) is -0.357. The van der Waals surface area contributed by atoms with Gasteiger partial charge in [-0.3, -0.25) is 4.79 Å². The van der Waals surface area contributed by atoms with Gasteiger partial charge in [-0.25, -0.2) is 0 Å². The lowest BCUT2D eigenvalue weighted by Crippen LogP contribution is -2.37. The van der Waals surface area contributed by atoms with Gasteiger partial charge in [-0.05, 0) is 32.1 Å². The maximum Gasteiger partial charge on any atom is 0.234 e. The summed E-state index contributed by atoms with van der Waals surface area (Å²) in [5, 5.41) is 3.95. The molecule has 17 heavy (non-hydrogen) atoms. The molecule has 2 saturated carbocycles. The van der Waals surface area contributed by atoms with E-state index in [2.05, 4.69) is 10.1 Å². The molecule has 2 aliphatic carbocycles. The second kappa shape index (κ2) is 3.91. The largest absolute Gasteiger partial charge is 0.370 e. The molecule has 0 saturated heterocycles. The first-order valence-electron chi connectivity index (χ1n) is 6.14. The number of ether oxygens (including phenoxy) is 1. The van der Waals surface area contributed by atoms with Crippen LogP contribution >= 0.6 is 0 Å². The highest BCUT2D eigenvalue weighted by Crippen LogP contribution is 2.42. The summed E-state index contributed by atoms with van der Waals surface area (Å²) in [6.45, 7) is 0. The summed E-state index contributed by atoms with van der Waals surface area (Å²) in [6.07, 6.45) is 5.29. The van der Waals surface area contributed by atoms with Gasteiger partial charge in [-0.2, -0.15) is 4.98 Å². The van der Waals surface area contributed by atoms with Gasteiger partial charge in [0.25, 0.3) is 0 Å². The highest BCUT2D eigenvalue weighted by Gasteiger charge is 2.43. The minimum absolute atomic E-state index is 0.222. The van der Waals surface area contributed by atoms with Crippen molar-refractivity contribution >= 4 is 5.78 Å². The van der Waals surface area contributed by atoms with Crippen LogP contribution < -0.4 is 0 Å². The second-order valence-corrected chi connectivity index (χ2v) is 4.98. The molecule has 5 nitrogen and oxygen atoms in total. The average Bonchev–Trinajstić information content (AvgIpc) is 3.01. The Morgan fingerprint density at radius 2 is 2.29 bits per heavy atom. The zero-order valence-electron chi connectivity index (χ0n) is 9.94. The predicted molar refractivity (Wildman–Crippen MR) is 58.3 cm³/mol. The Kier molecular flexibility index (Phi) is 2.50. The van der Waals surface area contributed by atoms with Crippen molar-refractivity contribution in [2.45, 2.75) is 44.1 Å². The number of hydrogen-bond acceptors (Lipinski definition) is 5. The third-order valence-corrected chi connectivity index (χ3v) is 3.79. The minimum atomic E-state index is -0.357. The number of aromatic nitrogens is 2. The van der Waals surface area contributed by atoms with E-state index >= 15 is 0 Å². The van der Waals surface area contributed by atoms with Gasteiger partial charge in [-0.1, -0.05) is 5.16 Å². The van der Waals surface area contributed by atoms with Crippen molar-refractivity contribution in [2.24, 2.45) is 5.92 Å². The normalized spacial score (nSPS) is 22.2. The van der Waals surface area contributed by atoms with Crippen LogP contribution in [0.15, 0.2) is 4.52 Å². The van der Waals surface area contributed by atoms with Crippen molar-refractivity contribution in [3.63, 3.8) is 0 Å². The van der Waals surface area contributed by atoms with Crippen LogP contribution in [0, 0.1) is 5.92 Å². The molecule has 2 fully saturated rings. The molecule has 0 unspecified atom stereocenters. The smallest absolute Gasteiger partial charge is 0.234 e. The SMILES string of the molecule is COC1(c2noc(CC(=O)C3CC3)n2)CCC1. The van der Waals surface area contributed by atoms with Gasteiger partial charge in [0.15, 0.2) is 0 Å². The Hall–Kier alpha value is -1.23. The third kappa shape index (κ3) is 1.88. The fraction of sp³-hybridized carbons (Fsp3) is 0.750. The second-order valence-electron chi connectivity index (χ2n) is 4.98. The van der Waals surface area contributed by atoms with Crippen LogP contribution in [0.1, 0.15) is 43.8 Å². The first kappa shape index (κ1) is 10.9. The van der Waals surface area contributed by atoms with E-state index in [0.29, 0.717) is 11.7 Å². The zero-order chi connectivity index (χ0) is 11.9. The molecule has 0 amide bonds. The van der Waals surface area contributed by atoms with Gasteiger partial charge in [0.2, 0.25) is 11.7 Å². The van der Waals surface area contributed by atoms with E-state index < -0.39 is 0 Å². The summed E-state index contributed by atoms with van der Waals surface area (Å²) >= 11 is 0. The van der Waals surface area contributed by atoms with E-state index in [9.17, 15) is 4.79 Å². The number of hydrogen-bond donors (Lipinski definition) is 0. The molecule has 3 rings (SSSR count). The number of rotatable bonds is 5. The number of nitrogens with zero attached hydrogens (tertiary/aromatic N) is 2. The maximum atomic E-state index is 11.6. The number of methoxy groups -OCH3 is 1. The molecule has 0 N–H and O–H groups in total. The first-order chi connectivity index (χ1) is 8.23.